The highest BCUT2D eigenvalue weighted by molar-refractivity contribution is 7.91. The number of hydrogen-bond donors (Lipinski definition) is 0. The molecule has 0 saturated carbocycles. The second kappa shape index (κ2) is 8.14. The molecule has 0 aliphatic carbocycles. The van der Waals surface area contributed by atoms with Crippen molar-refractivity contribution in [2.24, 2.45) is 0 Å². The Hall–Kier alpha value is -1.99. The van der Waals surface area contributed by atoms with Gasteiger partial charge in [-0.2, -0.15) is 5.10 Å². The van der Waals surface area contributed by atoms with Crippen LogP contribution in [0.3, 0.4) is 0 Å². The Balaban J connectivity index is 1.85. The smallest absolute Gasteiger partial charge is 0.268 e. The summed E-state index contributed by atoms with van der Waals surface area (Å²) >= 11 is 0. The van der Waals surface area contributed by atoms with E-state index in [0.717, 1.165) is 30.6 Å². The van der Waals surface area contributed by atoms with Gasteiger partial charge in [0.15, 0.2) is 9.84 Å². The third-order valence-corrected chi connectivity index (χ3v) is 6.53. The second-order valence-corrected chi connectivity index (χ2v) is 9.02. The monoisotopic (exact) mass is 375 g/mol. The first-order valence-electron chi connectivity index (χ1n) is 9.06. The van der Waals surface area contributed by atoms with Crippen molar-refractivity contribution in [3.05, 3.63) is 52.8 Å². The molecule has 1 aliphatic heterocycles. The Morgan fingerprint density at radius 3 is 2.62 bits per heavy atom. The number of hydrogen-bond acceptors (Lipinski definition) is 5. The predicted molar refractivity (Wildman–Crippen MR) is 103 cm³/mol. The van der Waals surface area contributed by atoms with E-state index in [-0.39, 0.29) is 23.1 Å². The molecule has 1 aromatic carbocycles. The first-order valence-corrected chi connectivity index (χ1v) is 10.9. The zero-order chi connectivity index (χ0) is 18.6. The average Bonchev–Trinajstić information content (AvgIpc) is 3.00. The van der Waals surface area contributed by atoms with E-state index < -0.39 is 9.84 Å². The zero-order valence-corrected chi connectivity index (χ0v) is 15.9. The SMILES string of the molecule is CCCCN(Cn1nc(-c2ccccc2)ccc1=O)[C@@H]1CCS(=O)(=O)C1. The van der Waals surface area contributed by atoms with Crippen molar-refractivity contribution >= 4 is 9.84 Å². The molecule has 0 bridgehead atoms. The van der Waals surface area contributed by atoms with Crippen LogP contribution in [0, 0.1) is 0 Å². The zero-order valence-electron chi connectivity index (χ0n) is 15.0. The van der Waals surface area contributed by atoms with Gasteiger partial charge in [0.05, 0.1) is 23.9 Å². The van der Waals surface area contributed by atoms with E-state index in [4.69, 9.17) is 0 Å². The summed E-state index contributed by atoms with van der Waals surface area (Å²) in [6.07, 6.45) is 2.60. The molecule has 1 fully saturated rings. The summed E-state index contributed by atoms with van der Waals surface area (Å²) in [6.45, 7) is 3.18. The van der Waals surface area contributed by atoms with Gasteiger partial charge in [-0.15, -0.1) is 0 Å². The quantitative estimate of drug-likeness (QED) is 0.741. The summed E-state index contributed by atoms with van der Waals surface area (Å²) in [5.74, 6) is 0.399. The van der Waals surface area contributed by atoms with E-state index >= 15 is 0 Å². The van der Waals surface area contributed by atoms with E-state index in [1.807, 2.05) is 30.3 Å². The van der Waals surface area contributed by atoms with Gasteiger partial charge in [0.25, 0.3) is 5.56 Å². The molecule has 1 atom stereocenters. The van der Waals surface area contributed by atoms with E-state index in [1.165, 1.54) is 10.7 Å². The molecule has 1 aromatic heterocycles. The van der Waals surface area contributed by atoms with Crippen molar-refractivity contribution in [2.75, 3.05) is 18.1 Å². The van der Waals surface area contributed by atoms with Crippen LogP contribution in [0.5, 0.6) is 0 Å². The largest absolute Gasteiger partial charge is 0.280 e. The summed E-state index contributed by atoms with van der Waals surface area (Å²) in [6, 6.07) is 12.9. The minimum atomic E-state index is -2.97. The number of rotatable bonds is 7. The summed E-state index contributed by atoms with van der Waals surface area (Å²) < 4.78 is 25.2. The number of aromatic nitrogens is 2. The summed E-state index contributed by atoms with van der Waals surface area (Å²) in [5, 5.41) is 4.51. The lowest BCUT2D eigenvalue weighted by atomic mass is 10.1. The fraction of sp³-hybridized carbons (Fsp3) is 0.474. The van der Waals surface area contributed by atoms with E-state index in [2.05, 4.69) is 16.9 Å². The molecule has 26 heavy (non-hydrogen) atoms. The fourth-order valence-electron chi connectivity index (χ4n) is 3.28. The van der Waals surface area contributed by atoms with Gasteiger partial charge in [0, 0.05) is 24.2 Å². The van der Waals surface area contributed by atoms with E-state index in [1.54, 1.807) is 6.07 Å². The van der Waals surface area contributed by atoms with Gasteiger partial charge in [0.1, 0.15) is 0 Å². The van der Waals surface area contributed by atoms with Gasteiger partial charge >= 0.3 is 0 Å². The molecule has 2 heterocycles. The Bertz CT molecular complexity index is 894. The lowest BCUT2D eigenvalue weighted by molar-refractivity contribution is 0.150. The van der Waals surface area contributed by atoms with Crippen LogP contribution in [0.25, 0.3) is 11.3 Å². The Kier molecular flexibility index (Phi) is 5.88. The van der Waals surface area contributed by atoms with Crippen molar-refractivity contribution in [3.63, 3.8) is 0 Å². The van der Waals surface area contributed by atoms with Crippen LogP contribution in [0.2, 0.25) is 0 Å². The van der Waals surface area contributed by atoms with Gasteiger partial charge in [-0.1, -0.05) is 43.7 Å². The summed E-state index contributed by atoms with van der Waals surface area (Å²) in [5.41, 5.74) is 1.51. The topological polar surface area (TPSA) is 72.3 Å². The lowest BCUT2D eigenvalue weighted by Gasteiger charge is -2.28. The summed E-state index contributed by atoms with van der Waals surface area (Å²) in [7, 11) is -2.97. The highest BCUT2D eigenvalue weighted by Gasteiger charge is 2.32. The molecule has 0 N–H and O–H groups in total. The van der Waals surface area contributed by atoms with Crippen molar-refractivity contribution in [2.45, 2.75) is 38.9 Å². The van der Waals surface area contributed by atoms with Crippen LogP contribution < -0.4 is 5.56 Å². The highest BCUT2D eigenvalue weighted by Crippen LogP contribution is 2.19. The third-order valence-electron chi connectivity index (χ3n) is 4.78. The third kappa shape index (κ3) is 4.59. The van der Waals surface area contributed by atoms with Gasteiger partial charge in [-0.25, -0.2) is 13.1 Å². The van der Waals surface area contributed by atoms with Crippen molar-refractivity contribution in [1.29, 1.82) is 0 Å². The molecule has 3 rings (SSSR count). The highest BCUT2D eigenvalue weighted by atomic mass is 32.2. The van der Waals surface area contributed by atoms with Crippen LogP contribution in [0.4, 0.5) is 0 Å². The van der Waals surface area contributed by atoms with Crippen molar-refractivity contribution in [1.82, 2.24) is 14.7 Å². The Morgan fingerprint density at radius 2 is 1.96 bits per heavy atom. The minimum absolute atomic E-state index is 0.0411. The minimum Gasteiger partial charge on any atom is -0.280 e. The molecule has 6 nitrogen and oxygen atoms in total. The Labute approximate surface area is 154 Å². The normalized spacial score (nSPS) is 19.1. The van der Waals surface area contributed by atoms with Gasteiger partial charge in [-0.3, -0.25) is 9.69 Å². The number of benzene rings is 1. The number of sulfone groups is 1. The first kappa shape index (κ1) is 18.8. The van der Waals surface area contributed by atoms with E-state index in [0.29, 0.717) is 13.1 Å². The molecule has 7 heteroatoms. The van der Waals surface area contributed by atoms with Crippen LogP contribution in [0.15, 0.2) is 47.3 Å². The first-order chi connectivity index (χ1) is 12.5. The Morgan fingerprint density at radius 1 is 1.19 bits per heavy atom. The van der Waals surface area contributed by atoms with Gasteiger partial charge in [-0.05, 0) is 18.9 Å². The van der Waals surface area contributed by atoms with Crippen molar-refractivity contribution in [3.8, 4) is 11.3 Å². The maximum Gasteiger partial charge on any atom is 0.268 e. The van der Waals surface area contributed by atoms with Crippen molar-refractivity contribution < 1.29 is 8.42 Å². The van der Waals surface area contributed by atoms with Crippen LogP contribution in [0.1, 0.15) is 26.2 Å². The summed E-state index contributed by atoms with van der Waals surface area (Å²) in [4.78, 5) is 14.4. The molecule has 1 saturated heterocycles. The molecular weight excluding hydrogens is 350 g/mol. The molecular formula is C19H25N3O3S. The number of nitrogens with zero attached hydrogens (tertiary/aromatic N) is 3. The second-order valence-electron chi connectivity index (χ2n) is 6.79. The molecule has 2 aromatic rings. The molecule has 0 radical (unpaired) electrons. The lowest BCUT2D eigenvalue weighted by Crippen LogP contribution is -2.41. The average molecular weight is 375 g/mol. The maximum absolute atomic E-state index is 12.3. The maximum atomic E-state index is 12.3. The molecule has 0 unspecified atom stereocenters. The number of unbranched alkanes of at least 4 members (excludes halogenated alkanes) is 1. The standard InChI is InChI=1S/C19H25N3O3S/c1-2-3-12-21(17-11-13-26(24,25)14-17)15-22-19(23)10-9-18(20-22)16-7-5-4-6-8-16/h4-10,17H,2-3,11-15H2,1H3/t17-/m1/s1. The van der Waals surface area contributed by atoms with Crippen LogP contribution >= 0.6 is 0 Å². The molecule has 1 aliphatic rings. The molecule has 0 spiro atoms. The van der Waals surface area contributed by atoms with Crippen LogP contribution in [-0.2, 0) is 16.5 Å². The van der Waals surface area contributed by atoms with Gasteiger partial charge in [0.2, 0.25) is 0 Å². The van der Waals surface area contributed by atoms with Crippen LogP contribution in [-0.4, -0.2) is 47.2 Å². The van der Waals surface area contributed by atoms with E-state index in [9.17, 15) is 13.2 Å². The molecule has 0 amide bonds. The molecule has 140 valence electrons. The van der Waals surface area contributed by atoms with Gasteiger partial charge < -0.3 is 0 Å². The predicted octanol–water partition coefficient (Wildman–Crippen LogP) is 2.16. The fourth-order valence-corrected chi connectivity index (χ4v) is 5.04.